The van der Waals surface area contributed by atoms with Crippen LogP contribution in [0.4, 0.5) is 0 Å². The zero-order valence-electron chi connectivity index (χ0n) is 15.9. The highest BCUT2D eigenvalue weighted by Gasteiger charge is 2.41. The molecule has 3 N–H and O–H groups in total. The molecule has 3 unspecified atom stereocenters. The summed E-state index contributed by atoms with van der Waals surface area (Å²) in [6.45, 7) is 7.55. The molecule has 0 radical (unpaired) electrons. The summed E-state index contributed by atoms with van der Waals surface area (Å²) < 4.78 is 0. The predicted octanol–water partition coefficient (Wildman–Crippen LogP) is 3.08. The molecule has 24 heavy (non-hydrogen) atoms. The number of fused-ring (bicyclic) bond motifs is 2. The smallest absolute Gasteiger partial charge is 0.223 e. The molecule has 2 aliphatic rings. The number of halogens is 2. The zero-order chi connectivity index (χ0) is 16.5. The van der Waals surface area contributed by atoms with Gasteiger partial charge in [-0.2, -0.15) is 0 Å². The molecular weight excluding hydrogens is 345 g/mol. The second kappa shape index (κ2) is 9.61. The molecule has 2 fully saturated rings. The second-order valence-electron chi connectivity index (χ2n) is 8.65. The van der Waals surface area contributed by atoms with Gasteiger partial charge in [-0.3, -0.25) is 4.79 Å². The molecule has 0 spiro atoms. The van der Waals surface area contributed by atoms with Crippen LogP contribution in [0.25, 0.3) is 0 Å². The fraction of sp³-hybridized carbons (Fsp3) is 0.944. The summed E-state index contributed by atoms with van der Waals surface area (Å²) in [6, 6.07) is 0.512. The number of nitrogens with two attached hydrogens (primary N) is 1. The van der Waals surface area contributed by atoms with E-state index < -0.39 is 0 Å². The minimum Gasteiger partial charge on any atom is -0.353 e. The zero-order valence-corrected chi connectivity index (χ0v) is 17.5. The third-order valence-electron chi connectivity index (χ3n) is 6.04. The van der Waals surface area contributed by atoms with Gasteiger partial charge in [-0.1, -0.05) is 20.3 Å². The Morgan fingerprint density at radius 2 is 1.71 bits per heavy atom. The molecule has 0 heterocycles. The maximum absolute atomic E-state index is 12.7. The Balaban J connectivity index is 0.00000264. The average molecular weight is 382 g/mol. The molecule has 4 nitrogen and oxygen atoms in total. The molecule has 2 rings (SSSR count). The molecule has 6 heteroatoms. The van der Waals surface area contributed by atoms with Gasteiger partial charge in [0, 0.05) is 24.5 Å². The fourth-order valence-corrected chi connectivity index (χ4v) is 4.48. The summed E-state index contributed by atoms with van der Waals surface area (Å²) in [4.78, 5) is 14.9. The molecule has 3 atom stereocenters. The first-order valence-corrected chi connectivity index (χ1v) is 8.91. The van der Waals surface area contributed by atoms with Gasteiger partial charge in [0.15, 0.2) is 0 Å². The molecule has 0 saturated heterocycles. The summed E-state index contributed by atoms with van der Waals surface area (Å²) in [5, 5.41) is 3.29. The highest BCUT2D eigenvalue weighted by Crippen LogP contribution is 2.42. The van der Waals surface area contributed by atoms with Crippen molar-refractivity contribution in [3.05, 3.63) is 0 Å². The number of carbonyl (C=O) groups is 1. The molecule has 0 aromatic heterocycles. The Bertz CT molecular complexity index is 390. The lowest BCUT2D eigenvalue weighted by atomic mass is 9.65. The van der Waals surface area contributed by atoms with Gasteiger partial charge < -0.3 is 16.0 Å². The molecule has 1 amide bonds. The highest BCUT2D eigenvalue weighted by atomic mass is 35.5. The van der Waals surface area contributed by atoms with Crippen molar-refractivity contribution in [2.45, 2.75) is 65.0 Å². The van der Waals surface area contributed by atoms with Crippen molar-refractivity contribution in [1.82, 2.24) is 10.2 Å². The van der Waals surface area contributed by atoms with Crippen molar-refractivity contribution in [3.63, 3.8) is 0 Å². The molecule has 2 aliphatic carbocycles. The van der Waals surface area contributed by atoms with Crippen molar-refractivity contribution in [3.8, 4) is 0 Å². The van der Waals surface area contributed by atoms with Crippen molar-refractivity contribution in [2.24, 2.45) is 28.9 Å². The summed E-state index contributed by atoms with van der Waals surface area (Å²) >= 11 is 0. The maximum Gasteiger partial charge on any atom is 0.223 e. The Morgan fingerprint density at radius 1 is 1.21 bits per heavy atom. The Morgan fingerprint density at radius 3 is 2.17 bits per heavy atom. The van der Waals surface area contributed by atoms with Crippen LogP contribution in [-0.4, -0.2) is 43.5 Å². The highest BCUT2D eigenvalue weighted by molar-refractivity contribution is 5.85. The molecule has 2 saturated carbocycles. The summed E-state index contributed by atoms with van der Waals surface area (Å²) in [5.41, 5.74) is 6.40. The standard InChI is InChI=1S/C18H35N3O.2ClH/c1-12(18(2,3)11-21(4)5)20-17(22)15-9-13-7-6-8-14(10-15)16(13)19;;/h12-16H,6-11,19H2,1-5H3,(H,20,22);2*1H. The molecule has 144 valence electrons. The van der Waals surface area contributed by atoms with E-state index in [1.165, 1.54) is 19.3 Å². The molecule has 0 aromatic carbocycles. The Labute approximate surface area is 160 Å². The summed E-state index contributed by atoms with van der Waals surface area (Å²) in [5.74, 6) is 1.55. The number of nitrogens with one attached hydrogen (secondary N) is 1. The van der Waals surface area contributed by atoms with E-state index in [4.69, 9.17) is 5.73 Å². The van der Waals surface area contributed by atoms with E-state index in [1.54, 1.807) is 0 Å². The van der Waals surface area contributed by atoms with Crippen molar-refractivity contribution in [1.29, 1.82) is 0 Å². The topological polar surface area (TPSA) is 58.4 Å². The average Bonchev–Trinajstić information content (AvgIpc) is 2.36. The lowest BCUT2D eigenvalue weighted by molar-refractivity contribution is -0.129. The van der Waals surface area contributed by atoms with Gasteiger partial charge in [0.25, 0.3) is 0 Å². The fourth-order valence-electron chi connectivity index (χ4n) is 4.48. The number of hydrogen-bond acceptors (Lipinski definition) is 3. The Kier molecular flexibility index (Phi) is 9.60. The number of nitrogens with zero attached hydrogens (tertiary/aromatic N) is 1. The van der Waals surface area contributed by atoms with E-state index >= 15 is 0 Å². The van der Waals surface area contributed by atoms with Gasteiger partial charge in [-0.25, -0.2) is 0 Å². The monoisotopic (exact) mass is 381 g/mol. The quantitative estimate of drug-likeness (QED) is 0.768. The van der Waals surface area contributed by atoms with E-state index in [2.05, 4.69) is 45.1 Å². The minimum absolute atomic E-state index is 0. The largest absolute Gasteiger partial charge is 0.353 e. The van der Waals surface area contributed by atoms with Gasteiger partial charge in [0.05, 0.1) is 0 Å². The summed E-state index contributed by atoms with van der Waals surface area (Å²) in [6.07, 6.45) is 5.70. The molecular formula is C18H37Cl2N3O. The van der Waals surface area contributed by atoms with E-state index in [9.17, 15) is 4.79 Å². The van der Waals surface area contributed by atoms with Gasteiger partial charge >= 0.3 is 0 Å². The first kappa shape index (κ1) is 24.0. The number of rotatable bonds is 5. The third-order valence-corrected chi connectivity index (χ3v) is 6.04. The van der Waals surface area contributed by atoms with Gasteiger partial charge in [0.1, 0.15) is 0 Å². The molecule has 0 aromatic rings. The number of carbonyl (C=O) groups excluding carboxylic acids is 1. The molecule has 2 bridgehead atoms. The SMILES string of the molecule is CC(NC(=O)C1CC2CCCC(C1)C2N)C(C)(C)CN(C)C.Cl.Cl. The van der Waals surface area contributed by atoms with Crippen molar-refractivity contribution < 1.29 is 4.79 Å². The Hall–Kier alpha value is -0.0300. The lowest BCUT2D eigenvalue weighted by Gasteiger charge is -2.44. The van der Waals surface area contributed by atoms with Crippen LogP contribution in [0.5, 0.6) is 0 Å². The van der Waals surface area contributed by atoms with Crippen LogP contribution in [0.15, 0.2) is 0 Å². The van der Waals surface area contributed by atoms with E-state index in [-0.39, 0.29) is 48.1 Å². The normalized spacial score (nSPS) is 30.8. The maximum atomic E-state index is 12.7. The van der Waals surface area contributed by atoms with Crippen LogP contribution in [0, 0.1) is 23.2 Å². The van der Waals surface area contributed by atoms with Crippen LogP contribution < -0.4 is 11.1 Å². The number of hydrogen-bond donors (Lipinski definition) is 2. The van der Waals surface area contributed by atoms with Crippen LogP contribution in [0.3, 0.4) is 0 Å². The van der Waals surface area contributed by atoms with Crippen LogP contribution in [-0.2, 0) is 4.79 Å². The van der Waals surface area contributed by atoms with Crippen LogP contribution in [0.2, 0.25) is 0 Å². The third kappa shape index (κ3) is 5.76. The number of amides is 1. The van der Waals surface area contributed by atoms with E-state index in [0.717, 1.165) is 19.4 Å². The van der Waals surface area contributed by atoms with Crippen LogP contribution in [0.1, 0.15) is 52.9 Å². The minimum atomic E-state index is 0. The van der Waals surface area contributed by atoms with Crippen molar-refractivity contribution >= 4 is 30.7 Å². The predicted molar refractivity (Wildman–Crippen MR) is 106 cm³/mol. The lowest BCUT2D eigenvalue weighted by Crippen LogP contribution is -2.52. The van der Waals surface area contributed by atoms with Gasteiger partial charge in [0.2, 0.25) is 5.91 Å². The van der Waals surface area contributed by atoms with Gasteiger partial charge in [-0.05, 0) is 64.0 Å². The van der Waals surface area contributed by atoms with Gasteiger partial charge in [-0.15, -0.1) is 24.8 Å². The van der Waals surface area contributed by atoms with Crippen molar-refractivity contribution in [2.75, 3.05) is 20.6 Å². The first-order chi connectivity index (χ1) is 10.2. The van der Waals surface area contributed by atoms with Crippen LogP contribution >= 0.6 is 24.8 Å². The summed E-state index contributed by atoms with van der Waals surface area (Å²) in [7, 11) is 4.17. The van der Waals surface area contributed by atoms with E-state index in [0.29, 0.717) is 17.9 Å². The first-order valence-electron chi connectivity index (χ1n) is 8.91. The molecule has 0 aliphatic heterocycles. The second-order valence-corrected chi connectivity index (χ2v) is 8.65. The van der Waals surface area contributed by atoms with E-state index in [1.807, 2.05) is 0 Å².